The van der Waals surface area contributed by atoms with Crippen LogP contribution < -0.4 is 0 Å². The highest BCUT2D eigenvalue weighted by Crippen LogP contribution is 2.30. The van der Waals surface area contributed by atoms with E-state index >= 15 is 0 Å². The second kappa shape index (κ2) is 5.55. The number of hydrogen-bond donors (Lipinski definition) is 0. The molecule has 1 aliphatic carbocycles. The monoisotopic (exact) mass is 260 g/mol. The number of hydrogen-bond acceptors (Lipinski definition) is 3. The van der Waals surface area contributed by atoms with Crippen molar-refractivity contribution in [2.45, 2.75) is 39.0 Å². The van der Waals surface area contributed by atoms with Crippen molar-refractivity contribution >= 4 is 11.8 Å². The van der Waals surface area contributed by atoms with Crippen molar-refractivity contribution in [3.8, 4) is 0 Å². The fourth-order valence-corrected chi connectivity index (χ4v) is 2.61. The molecule has 19 heavy (non-hydrogen) atoms. The number of methoxy groups -OCH3 is 1. The Labute approximate surface area is 114 Å². The Morgan fingerprint density at radius 1 is 1.37 bits per heavy atom. The standard InChI is InChI=1S/C16H20O3/c1-10(2)12-4-5-13-6-11(8-16(18)19-3)7-15(17)14(13)9-12/h4-5,9-11H,6-8H2,1-3H3. The summed E-state index contributed by atoms with van der Waals surface area (Å²) in [4.78, 5) is 23.5. The van der Waals surface area contributed by atoms with Gasteiger partial charge in [-0.05, 0) is 35.4 Å². The van der Waals surface area contributed by atoms with Crippen molar-refractivity contribution in [1.29, 1.82) is 0 Å². The first kappa shape index (κ1) is 13.8. The summed E-state index contributed by atoms with van der Waals surface area (Å²) in [5.41, 5.74) is 3.10. The molecule has 0 bridgehead atoms. The molecule has 1 unspecified atom stereocenters. The molecule has 2 rings (SSSR count). The summed E-state index contributed by atoms with van der Waals surface area (Å²) < 4.78 is 4.68. The molecular weight excluding hydrogens is 240 g/mol. The number of benzene rings is 1. The highest BCUT2D eigenvalue weighted by molar-refractivity contribution is 5.99. The third kappa shape index (κ3) is 3.03. The van der Waals surface area contributed by atoms with Crippen LogP contribution in [0.3, 0.4) is 0 Å². The molecule has 0 N–H and O–H groups in total. The SMILES string of the molecule is COC(=O)CC1CC(=O)c2cc(C(C)C)ccc2C1. The van der Waals surface area contributed by atoms with E-state index in [1.54, 1.807) is 0 Å². The molecule has 0 saturated carbocycles. The van der Waals surface area contributed by atoms with Crippen molar-refractivity contribution in [2.24, 2.45) is 5.92 Å². The van der Waals surface area contributed by atoms with Gasteiger partial charge in [0.15, 0.2) is 5.78 Å². The molecular formula is C16H20O3. The first-order valence-electron chi connectivity index (χ1n) is 6.74. The fraction of sp³-hybridized carbons (Fsp3) is 0.500. The van der Waals surface area contributed by atoms with Crippen LogP contribution >= 0.6 is 0 Å². The largest absolute Gasteiger partial charge is 0.469 e. The molecule has 1 aliphatic rings. The summed E-state index contributed by atoms with van der Waals surface area (Å²) in [7, 11) is 1.38. The van der Waals surface area contributed by atoms with E-state index < -0.39 is 0 Å². The number of carbonyl (C=O) groups is 2. The molecule has 0 aromatic heterocycles. The van der Waals surface area contributed by atoms with Crippen LogP contribution in [0.2, 0.25) is 0 Å². The lowest BCUT2D eigenvalue weighted by molar-refractivity contribution is -0.141. The summed E-state index contributed by atoms with van der Waals surface area (Å²) >= 11 is 0. The van der Waals surface area contributed by atoms with Crippen LogP contribution in [-0.2, 0) is 16.0 Å². The average Bonchev–Trinajstić information content (AvgIpc) is 2.38. The molecule has 1 aromatic carbocycles. The van der Waals surface area contributed by atoms with Crippen LogP contribution in [0.15, 0.2) is 18.2 Å². The number of ether oxygens (including phenoxy) is 1. The maximum Gasteiger partial charge on any atom is 0.305 e. The van der Waals surface area contributed by atoms with Crippen LogP contribution in [0.5, 0.6) is 0 Å². The molecule has 0 saturated heterocycles. The minimum Gasteiger partial charge on any atom is -0.469 e. The van der Waals surface area contributed by atoms with Crippen LogP contribution in [0, 0.1) is 5.92 Å². The minimum absolute atomic E-state index is 0.0809. The second-order valence-corrected chi connectivity index (χ2v) is 5.55. The van der Waals surface area contributed by atoms with Crippen molar-refractivity contribution in [1.82, 2.24) is 0 Å². The normalized spacial score (nSPS) is 18.3. The van der Waals surface area contributed by atoms with Gasteiger partial charge in [-0.2, -0.15) is 0 Å². The summed E-state index contributed by atoms with van der Waals surface area (Å²) in [6, 6.07) is 6.13. The number of carbonyl (C=O) groups excluding carboxylic acids is 2. The lowest BCUT2D eigenvalue weighted by Gasteiger charge is -2.23. The predicted octanol–water partition coefficient (Wildman–Crippen LogP) is 3.12. The Balaban J connectivity index is 2.21. The molecule has 3 nitrogen and oxygen atoms in total. The number of fused-ring (bicyclic) bond motifs is 1. The molecule has 1 aromatic rings. The zero-order valence-corrected chi connectivity index (χ0v) is 11.7. The van der Waals surface area contributed by atoms with E-state index in [1.807, 2.05) is 12.1 Å². The Kier molecular flexibility index (Phi) is 4.03. The zero-order valence-electron chi connectivity index (χ0n) is 11.7. The fourth-order valence-electron chi connectivity index (χ4n) is 2.61. The molecule has 0 spiro atoms. The molecule has 0 amide bonds. The molecule has 1 atom stereocenters. The van der Waals surface area contributed by atoms with Crippen LogP contribution in [0.4, 0.5) is 0 Å². The second-order valence-electron chi connectivity index (χ2n) is 5.55. The third-order valence-electron chi connectivity index (χ3n) is 3.77. The van der Waals surface area contributed by atoms with E-state index in [9.17, 15) is 9.59 Å². The zero-order chi connectivity index (χ0) is 14.0. The third-order valence-corrected chi connectivity index (χ3v) is 3.77. The van der Waals surface area contributed by atoms with E-state index in [0.717, 1.165) is 17.5 Å². The predicted molar refractivity (Wildman–Crippen MR) is 73.3 cm³/mol. The van der Waals surface area contributed by atoms with Crippen LogP contribution in [0.25, 0.3) is 0 Å². The van der Waals surface area contributed by atoms with Crippen molar-refractivity contribution < 1.29 is 14.3 Å². The summed E-state index contributed by atoms with van der Waals surface area (Å²) in [5.74, 6) is 0.418. The topological polar surface area (TPSA) is 43.4 Å². The Morgan fingerprint density at radius 3 is 2.74 bits per heavy atom. The number of esters is 1. The Morgan fingerprint density at radius 2 is 2.11 bits per heavy atom. The summed E-state index contributed by atoms with van der Waals surface area (Å²) in [6.07, 6.45) is 1.56. The lowest BCUT2D eigenvalue weighted by Crippen LogP contribution is -2.23. The summed E-state index contributed by atoms with van der Waals surface area (Å²) in [6.45, 7) is 4.24. The van der Waals surface area contributed by atoms with Gasteiger partial charge >= 0.3 is 5.97 Å². The van der Waals surface area contributed by atoms with Crippen molar-refractivity contribution in [2.75, 3.05) is 7.11 Å². The molecule has 0 aliphatic heterocycles. The van der Waals surface area contributed by atoms with Gasteiger partial charge in [-0.25, -0.2) is 0 Å². The van der Waals surface area contributed by atoms with Gasteiger partial charge in [-0.1, -0.05) is 26.0 Å². The van der Waals surface area contributed by atoms with Gasteiger partial charge in [0.05, 0.1) is 7.11 Å². The highest BCUT2D eigenvalue weighted by atomic mass is 16.5. The first-order chi connectivity index (χ1) is 9.01. The maximum atomic E-state index is 12.2. The molecule has 102 valence electrons. The molecule has 0 heterocycles. The molecule has 0 radical (unpaired) electrons. The minimum atomic E-state index is -0.236. The quantitative estimate of drug-likeness (QED) is 0.784. The molecule has 3 heteroatoms. The number of rotatable bonds is 3. The average molecular weight is 260 g/mol. The van der Waals surface area contributed by atoms with E-state index in [-0.39, 0.29) is 17.7 Å². The van der Waals surface area contributed by atoms with Crippen molar-refractivity contribution in [3.63, 3.8) is 0 Å². The maximum absolute atomic E-state index is 12.2. The van der Waals surface area contributed by atoms with Gasteiger partial charge in [0.25, 0.3) is 0 Å². The molecule has 0 fully saturated rings. The summed E-state index contributed by atoms with van der Waals surface area (Å²) in [5, 5.41) is 0. The Bertz CT molecular complexity index is 503. The number of ketones is 1. The van der Waals surface area contributed by atoms with Gasteiger partial charge in [0, 0.05) is 18.4 Å². The van der Waals surface area contributed by atoms with E-state index in [4.69, 9.17) is 0 Å². The van der Waals surface area contributed by atoms with Gasteiger partial charge in [0.2, 0.25) is 0 Å². The van der Waals surface area contributed by atoms with Crippen molar-refractivity contribution in [3.05, 3.63) is 34.9 Å². The van der Waals surface area contributed by atoms with Gasteiger partial charge in [-0.15, -0.1) is 0 Å². The Hall–Kier alpha value is -1.64. The van der Waals surface area contributed by atoms with E-state index in [2.05, 4.69) is 24.7 Å². The van der Waals surface area contributed by atoms with Gasteiger partial charge in [-0.3, -0.25) is 9.59 Å². The van der Waals surface area contributed by atoms with Crippen LogP contribution in [-0.4, -0.2) is 18.9 Å². The number of Topliss-reactive ketones (excluding diaryl/α,β-unsaturated/α-hetero) is 1. The first-order valence-corrected chi connectivity index (χ1v) is 6.74. The lowest BCUT2D eigenvalue weighted by atomic mass is 9.80. The highest BCUT2D eigenvalue weighted by Gasteiger charge is 2.27. The van der Waals surface area contributed by atoms with Gasteiger partial charge in [0.1, 0.15) is 0 Å². The smallest absolute Gasteiger partial charge is 0.305 e. The van der Waals surface area contributed by atoms with Gasteiger partial charge < -0.3 is 4.74 Å². The van der Waals surface area contributed by atoms with E-state index in [1.165, 1.54) is 12.7 Å². The van der Waals surface area contributed by atoms with E-state index in [0.29, 0.717) is 18.8 Å². The van der Waals surface area contributed by atoms with Crippen LogP contribution in [0.1, 0.15) is 54.1 Å².